The first kappa shape index (κ1) is 25.9. The molecule has 2 atom stereocenters. The molecule has 2 nitrogen and oxygen atoms in total. The van der Waals surface area contributed by atoms with Crippen molar-refractivity contribution in [2.24, 2.45) is 0 Å². The van der Waals surface area contributed by atoms with Crippen molar-refractivity contribution in [2.75, 3.05) is 0 Å². The predicted octanol–water partition coefficient (Wildman–Crippen LogP) is 7.13. The Morgan fingerprint density at radius 3 is 1.67 bits per heavy atom. The van der Waals surface area contributed by atoms with Crippen LogP contribution in [0.15, 0.2) is 84.9 Å². The average molecular weight is 495 g/mol. The van der Waals surface area contributed by atoms with Gasteiger partial charge in [-0.3, -0.25) is 0 Å². The van der Waals surface area contributed by atoms with Gasteiger partial charge >= 0.3 is 0 Å². The molecule has 0 aliphatic heterocycles. The van der Waals surface area contributed by atoms with Crippen LogP contribution in [-0.2, 0) is 4.57 Å². The Labute approximate surface area is 202 Å². The molecule has 0 bridgehead atoms. The van der Waals surface area contributed by atoms with Crippen molar-refractivity contribution in [3.05, 3.63) is 96.1 Å². The Morgan fingerprint density at radius 1 is 0.697 bits per heavy atom. The van der Waals surface area contributed by atoms with Gasteiger partial charge in [0, 0.05) is 32.4 Å². The third-order valence-corrected chi connectivity index (χ3v) is 13.8. The summed E-state index contributed by atoms with van der Waals surface area (Å²) in [7, 11) is -6.06. The average Bonchev–Trinajstić information content (AvgIpc) is 2.77. The van der Waals surface area contributed by atoms with Gasteiger partial charge in [0.05, 0.1) is 0 Å². The first-order valence-electron chi connectivity index (χ1n) is 11.9. The van der Waals surface area contributed by atoms with Crippen molar-refractivity contribution in [1.82, 2.24) is 0 Å². The molecule has 3 rings (SSSR count). The lowest BCUT2D eigenvalue weighted by atomic mass is 10.0. The quantitative estimate of drug-likeness (QED) is 0.254. The molecule has 0 radical (unpaired) electrons. The molecule has 0 heterocycles. The van der Waals surface area contributed by atoms with Crippen molar-refractivity contribution >= 4 is 33.9 Å². The van der Waals surface area contributed by atoms with Gasteiger partial charge < -0.3 is 9.67 Å². The Balaban J connectivity index is 2.27. The lowest BCUT2D eigenvalue weighted by Gasteiger charge is -2.37. The summed E-state index contributed by atoms with van der Waals surface area (Å²) in [6.45, 7) is 14.3. The Bertz CT molecular complexity index is 1070. The molecule has 5 heteroatoms. The number of rotatable bonds is 9. The van der Waals surface area contributed by atoms with Crippen LogP contribution in [0.4, 0.5) is 0 Å². The third-order valence-electron chi connectivity index (χ3n) is 6.05. The molecule has 0 aromatic heterocycles. The fourth-order valence-electron chi connectivity index (χ4n) is 4.78. The van der Waals surface area contributed by atoms with Crippen molar-refractivity contribution < 1.29 is 9.67 Å². The van der Waals surface area contributed by atoms with E-state index in [-0.39, 0.29) is 5.66 Å². The summed E-state index contributed by atoms with van der Waals surface area (Å²) in [5.41, 5.74) is 1.69. The highest BCUT2D eigenvalue weighted by Crippen LogP contribution is 2.55. The lowest BCUT2D eigenvalue weighted by Crippen LogP contribution is -2.38. The second-order valence-electron chi connectivity index (χ2n) is 11.5. The maximum atomic E-state index is 15.6. The van der Waals surface area contributed by atoms with E-state index < -0.39 is 29.4 Å². The van der Waals surface area contributed by atoms with Crippen LogP contribution in [0.5, 0.6) is 0 Å². The van der Waals surface area contributed by atoms with Crippen LogP contribution < -0.4 is 10.6 Å². The van der Waals surface area contributed by atoms with E-state index in [9.17, 15) is 5.11 Å². The number of aliphatic hydroxyl groups excluding tert-OH is 1. The zero-order valence-electron chi connectivity index (χ0n) is 21.0. The zero-order chi connectivity index (χ0) is 24.3. The largest absolute Gasteiger partial charge is 0.384 e. The fourth-order valence-corrected chi connectivity index (χ4v) is 16.1. The van der Waals surface area contributed by atoms with Gasteiger partial charge in [0.2, 0.25) is 0 Å². The summed E-state index contributed by atoms with van der Waals surface area (Å²) >= 11 is 0. The van der Waals surface area contributed by atoms with E-state index >= 15 is 4.57 Å². The van der Waals surface area contributed by atoms with Crippen LogP contribution in [0.25, 0.3) is 0 Å². The van der Waals surface area contributed by atoms with Gasteiger partial charge in [0.1, 0.15) is 13.2 Å². The van der Waals surface area contributed by atoms with Crippen molar-refractivity contribution in [3.63, 3.8) is 0 Å². The Hall–Kier alpha value is -1.72. The molecule has 3 aromatic rings. The molecule has 0 amide bonds. The van der Waals surface area contributed by atoms with Crippen molar-refractivity contribution in [3.8, 4) is 0 Å². The molecule has 0 fully saturated rings. The minimum atomic E-state index is -3.03. The molecule has 0 spiro atoms. The molecule has 176 valence electrons. The van der Waals surface area contributed by atoms with Crippen LogP contribution in [0, 0.1) is 0 Å². The fraction of sp³-hybridized carbons (Fsp3) is 0.357. The number of hydrogen-bond acceptors (Lipinski definition) is 2. The van der Waals surface area contributed by atoms with Gasteiger partial charge in [-0.15, -0.1) is 0 Å². The van der Waals surface area contributed by atoms with Gasteiger partial charge in [0.25, 0.3) is 0 Å². The van der Waals surface area contributed by atoms with Crippen LogP contribution in [0.3, 0.4) is 0 Å². The number of aliphatic hydroxyl groups is 1. The van der Waals surface area contributed by atoms with Crippen LogP contribution in [0.2, 0.25) is 51.4 Å². The minimum absolute atomic E-state index is 0.0855. The predicted molar refractivity (Wildman–Crippen MR) is 150 cm³/mol. The molecule has 0 saturated carbocycles. The molecular weight excluding hydrogens is 455 g/mol. The van der Waals surface area contributed by atoms with E-state index in [4.69, 9.17) is 0 Å². The molecular formula is C28H39O2PSi2. The smallest absolute Gasteiger partial charge is 0.146 e. The van der Waals surface area contributed by atoms with Crippen LogP contribution in [-0.4, -0.2) is 26.9 Å². The second-order valence-corrected chi connectivity index (χ2v) is 25.7. The number of hydrogen-bond donors (Lipinski definition) is 1. The van der Waals surface area contributed by atoms with Crippen molar-refractivity contribution in [2.45, 2.75) is 63.1 Å². The van der Waals surface area contributed by atoms with Crippen LogP contribution >= 0.6 is 7.14 Å². The van der Waals surface area contributed by atoms with Gasteiger partial charge in [-0.1, -0.05) is 124 Å². The lowest BCUT2D eigenvalue weighted by molar-refractivity contribution is 0.221. The molecule has 1 N–H and O–H groups in total. The van der Waals surface area contributed by atoms with Gasteiger partial charge in [0.15, 0.2) is 0 Å². The van der Waals surface area contributed by atoms with E-state index in [0.29, 0.717) is 0 Å². The third kappa shape index (κ3) is 6.45. The number of benzene rings is 3. The topological polar surface area (TPSA) is 37.3 Å². The van der Waals surface area contributed by atoms with Crippen LogP contribution in [0.1, 0.15) is 17.2 Å². The zero-order valence-corrected chi connectivity index (χ0v) is 23.8. The first-order valence-corrected chi connectivity index (χ1v) is 21.1. The summed E-state index contributed by atoms with van der Waals surface area (Å²) in [4.78, 5) is 0. The summed E-state index contributed by atoms with van der Waals surface area (Å²) in [5.74, 6) is 0. The molecule has 33 heavy (non-hydrogen) atoms. The van der Waals surface area contributed by atoms with Crippen molar-refractivity contribution in [1.29, 1.82) is 0 Å². The Morgan fingerprint density at radius 2 is 1.15 bits per heavy atom. The molecule has 2 unspecified atom stereocenters. The van der Waals surface area contributed by atoms with Gasteiger partial charge in [-0.2, -0.15) is 0 Å². The molecule has 0 aliphatic rings. The first-order chi connectivity index (χ1) is 15.4. The van der Waals surface area contributed by atoms with E-state index in [1.54, 1.807) is 0 Å². The highest BCUT2D eigenvalue weighted by molar-refractivity contribution is 7.79. The maximum Gasteiger partial charge on any atom is 0.146 e. The minimum Gasteiger partial charge on any atom is -0.384 e. The summed E-state index contributed by atoms with van der Waals surface area (Å²) in [6.07, 6.45) is -0.807. The van der Waals surface area contributed by atoms with E-state index in [0.717, 1.165) is 33.8 Å². The molecule has 0 saturated heterocycles. The normalized spacial score (nSPS) is 15.3. The highest BCUT2D eigenvalue weighted by Gasteiger charge is 2.42. The van der Waals surface area contributed by atoms with Gasteiger partial charge in [-0.05, 0) is 23.2 Å². The Kier molecular flexibility index (Phi) is 8.06. The molecule has 3 aromatic carbocycles. The SMILES string of the molecule is C[Si](C)(C)CC(C[Si](C)(C)C)P(=O)(c1ccccc1)c1ccccc1C(O)c1ccccc1. The maximum absolute atomic E-state index is 15.6. The van der Waals surface area contributed by atoms with Gasteiger partial charge in [-0.25, -0.2) is 0 Å². The summed E-state index contributed by atoms with van der Waals surface area (Å²) in [5, 5.41) is 13.2. The van der Waals surface area contributed by atoms with E-state index in [2.05, 4.69) is 39.3 Å². The second kappa shape index (κ2) is 10.3. The standard InChI is InChI=1S/C28H39O2PSi2/c1-32(2,3)21-25(22-33(4,5)6)31(30,24-17-11-8-12-18-24)27-20-14-13-19-26(27)28(29)23-15-9-7-10-16-23/h7-20,25,28-29H,21-22H2,1-6H3. The summed E-state index contributed by atoms with van der Waals surface area (Å²) in [6, 6.07) is 29.7. The monoisotopic (exact) mass is 494 g/mol. The highest BCUT2D eigenvalue weighted by atomic mass is 31.2. The summed E-state index contributed by atoms with van der Waals surface area (Å²) < 4.78 is 15.6. The van der Waals surface area contributed by atoms with E-state index in [1.165, 1.54) is 0 Å². The molecule has 0 aliphatic carbocycles. The van der Waals surface area contributed by atoms with E-state index in [1.807, 2.05) is 84.9 Å².